The highest BCUT2D eigenvalue weighted by molar-refractivity contribution is 5.68. The van der Waals surface area contributed by atoms with Crippen LogP contribution in [0.5, 0.6) is 11.5 Å². The van der Waals surface area contributed by atoms with E-state index in [1.54, 1.807) is 48.5 Å². The van der Waals surface area contributed by atoms with E-state index in [-0.39, 0.29) is 29.4 Å². The van der Waals surface area contributed by atoms with E-state index in [0.29, 0.717) is 55.6 Å². The Morgan fingerprint density at radius 1 is 0.850 bits per heavy atom. The van der Waals surface area contributed by atoms with Crippen LogP contribution < -0.4 is 9.47 Å². The second kappa shape index (κ2) is 14.2. The predicted molar refractivity (Wildman–Crippen MR) is 153 cm³/mol. The van der Waals surface area contributed by atoms with Crippen LogP contribution in [-0.4, -0.2) is 13.2 Å². The smallest absolute Gasteiger partial charge is 0.201 e. The lowest BCUT2D eigenvalue weighted by Gasteiger charge is -2.23. The maximum absolute atomic E-state index is 15.0. The van der Waals surface area contributed by atoms with E-state index in [2.05, 4.69) is 13.5 Å². The molecule has 1 aliphatic carbocycles. The monoisotopic (exact) mass is 552 g/mol. The zero-order valence-electron chi connectivity index (χ0n) is 23.0. The van der Waals surface area contributed by atoms with Crippen LogP contribution in [0.15, 0.2) is 67.3 Å². The van der Waals surface area contributed by atoms with Crippen LogP contribution in [0, 0.1) is 29.2 Å². The van der Waals surface area contributed by atoms with Crippen molar-refractivity contribution < 1.29 is 27.0 Å². The highest BCUT2D eigenvalue weighted by Crippen LogP contribution is 2.36. The van der Waals surface area contributed by atoms with Crippen molar-refractivity contribution in [3.05, 3.63) is 102 Å². The lowest BCUT2D eigenvalue weighted by Crippen LogP contribution is -2.09. The molecule has 212 valence electrons. The Hall–Kier alpha value is -3.54. The third-order valence-corrected chi connectivity index (χ3v) is 7.41. The number of benzene rings is 3. The molecule has 0 N–H and O–H groups in total. The van der Waals surface area contributed by atoms with Crippen molar-refractivity contribution in [2.75, 3.05) is 13.2 Å². The molecule has 3 aromatic rings. The van der Waals surface area contributed by atoms with E-state index in [9.17, 15) is 17.6 Å². The van der Waals surface area contributed by atoms with Crippen molar-refractivity contribution in [2.45, 2.75) is 58.3 Å². The minimum atomic E-state index is -0.984. The van der Waals surface area contributed by atoms with Crippen LogP contribution >= 0.6 is 0 Å². The van der Waals surface area contributed by atoms with Crippen LogP contribution in [0.25, 0.3) is 16.7 Å². The van der Waals surface area contributed by atoms with Gasteiger partial charge in [0.2, 0.25) is 5.82 Å². The summed E-state index contributed by atoms with van der Waals surface area (Å²) in [6.07, 6.45) is 9.22. The number of hydrogen-bond donors (Lipinski definition) is 0. The maximum atomic E-state index is 15.0. The Balaban J connectivity index is 1.35. The average Bonchev–Trinajstić information content (AvgIpc) is 2.97. The molecule has 1 aliphatic rings. The van der Waals surface area contributed by atoms with E-state index >= 15 is 0 Å². The number of hydrogen-bond acceptors (Lipinski definition) is 2. The van der Waals surface area contributed by atoms with Crippen molar-refractivity contribution in [1.82, 2.24) is 0 Å². The van der Waals surface area contributed by atoms with Gasteiger partial charge in [0.05, 0.1) is 13.2 Å². The fourth-order valence-electron chi connectivity index (χ4n) is 4.97. The molecule has 2 nitrogen and oxygen atoms in total. The summed E-state index contributed by atoms with van der Waals surface area (Å²) in [7, 11) is 0. The first-order valence-electron chi connectivity index (χ1n) is 14.0. The molecule has 0 saturated heterocycles. The summed E-state index contributed by atoms with van der Waals surface area (Å²) in [5.74, 6) is -2.71. The first kappa shape index (κ1) is 29.4. The number of unbranched alkanes of at least 4 members (excludes halogenated alkanes) is 1. The Morgan fingerprint density at radius 3 is 2.30 bits per heavy atom. The van der Waals surface area contributed by atoms with E-state index in [0.717, 1.165) is 24.8 Å². The summed E-state index contributed by atoms with van der Waals surface area (Å²) < 4.78 is 70.1. The van der Waals surface area contributed by atoms with Crippen LogP contribution in [-0.2, 0) is 6.42 Å². The first-order chi connectivity index (χ1) is 19.4. The van der Waals surface area contributed by atoms with Gasteiger partial charge in [0.25, 0.3) is 0 Å². The number of halogens is 4. The molecule has 4 rings (SSSR count). The fraction of sp³-hybridized carbons (Fsp3) is 0.353. The number of ether oxygens (including phenoxy) is 2. The van der Waals surface area contributed by atoms with Crippen LogP contribution in [0.2, 0.25) is 0 Å². The highest BCUT2D eigenvalue weighted by Gasteiger charge is 2.22. The topological polar surface area (TPSA) is 18.5 Å². The summed E-state index contributed by atoms with van der Waals surface area (Å²) >= 11 is 0. The lowest BCUT2D eigenvalue weighted by atomic mass is 9.83. The Labute approximate surface area is 234 Å². The van der Waals surface area contributed by atoms with Crippen molar-refractivity contribution in [2.24, 2.45) is 5.92 Å². The van der Waals surface area contributed by atoms with Gasteiger partial charge in [0, 0.05) is 11.1 Å². The summed E-state index contributed by atoms with van der Waals surface area (Å²) in [5.41, 5.74) is 2.16. The van der Waals surface area contributed by atoms with Gasteiger partial charge in [-0.15, -0.1) is 6.58 Å². The predicted octanol–water partition coefficient (Wildman–Crippen LogP) is 9.86. The standard InChI is InChI=1S/C34H36F4O2/c1-3-5-21-39-27-16-13-25(14-17-27)28-18-15-26(31(35)32(28)36)12-9-23-7-10-24(11-8-23)29-19-20-30(34(38)33(29)37)40-22-6-4-2/h4,10,13-20,23H,2-3,5-9,11-12,21-22H2,1H3. The minimum absolute atomic E-state index is 0.105. The van der Waals surface area contributed by atoms with Gasteiger partial charge in [-0.3, -0.25) is 0 Å². The molecule has 6 heteroatoms. The summed E-state index contributed by atoms with van der Waals surface area (Å²) in [4.78, 5) is 0. The Kier molecular flexibility index (Phi) is 10.5. The molecular formula is C34H36F4O2. The largest absolute Gasteiger partial charge is 0.494 e. The molecule has 0 aliphatic heterocycles. The molecule has 0 saturated carbocycles. The highest BCUT2D eigenvalue weighted by atomic mass is 19.2. The number of aryl methyl sites for hydroxylation is 1. The van der Waals surface area contributed by atoms with Crippen LogP contribution in [0.3, 0.4) is 0 Å². The zero-order valence-corrected chi connectivity index (χ0v) is 23.0. The maximum Gasteiger partial charge on any atom is 0.201 e. The molecule has 0 fully saturated rings. The number of allylic oxidation sites excluding steroid dienone is 2. The van der Waals surface area contributed by atoms with Gasteiger partial charge < -0.3 is 9.47 Å². The van der Waals surface area contributed by atoms with Crippen molar-refractivity contribution >= 4 is 5.57 Å². The number of rotatable bonds is 13. The summed E-state index contributed by atoms with van der Waals surface area (Å²) in [6, 6.07) is 13.3. The van der Waals surface area contributed by atoms with Gasteiger partial charge in [0.15, 0.2) is 23.2 Å². The van der Waals surface area contributed by atoms with Gasteiger partial charge in [-0.1, -0.05) is 49.8 Å². The lowest BCUT2D eigenvalue weighted by molar-refractivity contribution is 0.301. The molecule has 0 amide bonds. The molecule has 1 atom stereocenters. The molecule has 0 aromatic heterocycles. The normalized spacial score (nSPS) is 15.0. The van der Waals surface area contributed by atoms with Gasteiger partial charge in [-0.05, 0) is 91.8 Å². The molecule has 0 heterocycles. The van der Waals surface area contributed by atoms with Crippen LogP contribution in [0.1, 0.15) is 63.0 Å². The van der Waals surface area contributed by atoms with Crippen molar-refractivity contribution in [1.29, 1.82) is 0 Å². The van der Waals surface area contributed by atoms with Crippen molar-refractivity contribution in [3.8, 4) is 22.6 Å². The van der Waals surface area contributed by atoms with E-state index in [1.807, 2.05) is 6.08 Å². The quantitative estimate of drug-likeness (QED) is 0.119. The SMILES string of the molecule is C=CCCOc1ccc(C2=CCC(CCc3ccc(-c4ccc(OCCCC)cc4)c(F)c3F)CC2)c(F)c1F. The molecule has 0 bridgehead atoms. The van der Waals surface area contributed by atoms with Crippen molar-refractivity contribution in [3.63, 3.8) is 0 Å². The summed E-state index contributed by atoms with van der Waals surface area (Å²) in [6.45, 7) is 6.53. The second-order valence-corrected chi connectivity index (χ2v) is 10.2. The minimum Gasteiger partial charge on any atom is -0.494 e. The zero-order chi connectivity index (χ0) is 28.5. The fourth-order valence-corrected chi connectivity index (χ4v) is 4.97. The van der Waals surface area contributed by atoms with Gasteiger partial charge in [-0.25, -0.2) is 13.2 Å². The van der Waals surface area contributed by atoms with Gasteiger partial charge in [-0.2, -0.15) is 4.39 Å². The Morgan fingerprint density at radius 2 is 1.60 bits per heavy atom. The first-order valence-corrected chi connectivity index (χ1v) is 14.0. The summed E-state index contributed by atoms with van der Waals surface area (Å²) in [5, 5.41) is 0. The van der Waals surface area contributed by atoms with E-state index < -0.39 is 23.3 Å². The van der Waals surface area contributed by atoms with Crippen LogP contribution in [0.4, 0.5) is 17.6 Å². The molecular weight excluding hydrogens is 516 g/mol. The van der Waals surface area contributed by atoms with E-state index in [1.165, 1.54) is 6.07 Å². The van der Waals surface area contributed by atoms with E-state index in [4.69, 9.17) is 9.47 Å². The third-order valence-electron chi connectivity index (χ3n) is 7.41. The molecule has 0 spiro atoms. The van der Waals surface area contributed by atoms with Gasteiger partial charge in [0.1, 0.15) is 5.75 Å². The average molecular weight is 553 g/mol. The second-order valence-electron chi connectivity index (χ2n) is 10.2. The molecule has 0 radical (unpaired) electrons. The van der Waals surface area contributed by atoms with Gasteiger partial charge >= 0.3 is 0 Å². The molecule has 3 aromatic carbocycles. The molecule has 1 unspecified atom stereocenters. The molecule has 40 heavy (non-hydrogen) atoms. The third kappa shape index (κ3) is 7.15. The Bertz CT molecular complexity index is 1330.